The molecular weight excluding hydrogens is 374 g/mol. The number of benzene rings is 1. The zero-order valence-corrected chi connectivity index (χ0v) is 17.7. The molecule has 30 heavy (non-hydrogen) atoms. The highest BCUT2D eigenvalue weighted by Crippen LogP contribution is 2.30. The Morgan fingerprint density at radius 3 is 2.33 bits per heavy atom. The van der Waals surface area contributed by atoms with E-state index in [1.807, 2.05) is 18.7 Å². The Kier molecular flexibility index (Phi) is 5.74. The van der Waals surface area contributed by atoms with E-state index in [0.717, 1.165) is 41.3 Å². The molecule has 0 radical (unpaired) electrons. The lowest BCUT2D eigenvalue weighted by molar-refractivity contribution is 0.0705. The fourth-order valence-electron chi connectivity index (χ4n) is 3.82. The first-order valence-electron chi connectivity index (χ1n) is 10.4. The van der Waals surface area contributed by atoms with Crippen LogP contribution in [0.3, 0.4) is 0 Å². The summed E-state index contributed by atoms with van der Waals surface area (Å²) in [5.74, 6) is 0.302. The van der Waals surface area contributed by atoms with Crippen LogP contribution < -0.4 is 5.32 Å². The standard InChI is InChI=1S/C24H27N5O/c1-16-4-6-20(7-5-16)28-21-12-17(2)27-22(13-21)19-8-10-29(11-9-19)24(30)23-15-25-18(3)14-26-23/h4-7,12-15,19H,8-11H2,1-3H3,(H,27,28). The summed E-state index contributed by atoms with van der Waals surface area (Å²) in [4.78, 5) is 27.8. The van der Waals surface area contributed by atoms with Crippen molar-refractivity contribution in [3.63, 3.8) is 0 Å². The van der Waals surface area contributed by atoms with Gasteiger partial charge in [0.1, 0.15) is 5.69 Å². The summed E-state index contributed by atoms with van der Waals surface area (Å²) in [6.07, 6.45) is 4.99. The number of rotatable bonds is 4. The number of likely N-dealkylation sites (tertiary alicyclic amines) is 1. The van der Waals surface area contributed by atoms with Crippen molar-refractivity contribution in [3.05, 3.63) is 77.1 Å². The largest absolute Gasteiger partial charge is 0.355 e. The van der Waals surface area contributed by atoms with Crippen molar-refractivity contribution < 1.29 is 4.79 Å². The van der Waals surface area contributed by atoms with Crippen molar-refractivity contribution in [2.75, 3.05) is 18.4 Å². The Morgan fingerprint density at radius 1 is 0.933 bits per heavy atom. The number of aryl methyl sites for hydroxylation is 3. The molecule has 4 rings (SSSR count). The molecule has 6 heteroatoms. The molecule has 3 aromatic rings. The Bertz CT molecular complexity index is 1020. The van der Waals surface area contributed by atoms with Gasteiger partial charge in [-0.2, -0.15) is 0 Å². The zero-order valence-electron chi connectivity index (χ0n) is 17.7. The van der Waals surface area contributed by atoms with Crippen LogP contribution in [0, 0.1) is 20.8 Å². The second-order valence-electron chi connectivity index (χ2n) is 8.02. The van der Waals surface area contributed by atoms with Gasteiger partial charge in [0.25, 0.3) is 5.91 Å². The monoisotopic (exact) mass is 401 g/mol. The van der Waals surface area contributed by atoms with E-state index < -0.39 is 0 Å². The predicted octanol–water partition coefficient (Wildman–Crippen LogP) is 4.56. The number of hydrogen-bond donors (Lipinski definition) is 1. The normalized spacial score (nSPS) is 14.6. The third kappa shape index (κ3) is 4.64. The highest BCUT2D eigenvalue weighted by Gasteiger charge is 2.26. The van der Waals surface area contributed by atoms with E-state index in [-0.39, 0.29) is 5.91 Å². The number of aromatic nitrogens is 3. The number of nitrogens with one attached hydrogen (secondary N) is 1. The van der Waals surface area contributed by atoms with Crippen molar-refractivity contribution in [1.29, 1.82) is 0 Å². The predicted molar refractivity (Wildman–Crippen MR) is 118 cm³/mol. The zero-order chi connectivity index (χ0) is 21.1. The van der Waals surface area contributed by atoms with Crippen LogP contribution in [0.15, 0.2) is 48.8 Å². The molecule has 1 saturated heterocycles. The Balaban J connectivity index is 1.42. The summed E-state index contributed by atoms with van der Waals surface area (Å²) in [5, 5.41) is 3.48. The highest BCUT2D eigenvalue weighted by atomic mass is 16.2. The van der Waals surface area contributed by atoms with E-state index in [4.69, 9.17) is 4.98 Å². The smallest absolute Gasteiger partial charge is 0.274 e. The molecule has 154 valence electrons. The number of nitrogens with zero attached hydrogens (tertiary/aromatic N) is 4. The van der Waals surface area contributed by atoms with Gasteiger partial charge in [-0.15, -0.1) is 0 Å². The number of carbonyl (C=O) groups is 1. The quantitative estimate of drug-likeness (QED) is 0.694. The van der Waals surface area contributed by atoms with Crippen molar-refractivity contribution >= 4 is 17.3 Å². The van der Waals surface area contributed by atoms with Crippen LogP contribution in [0.25, 0.3) is 0 Å². The summed E-state index contributed by atoms with van der Waals surface area (Å²) in [5.41, 5.74) is 6.67. The minimum atomic E-state index is -0.0418. The van der Waals surface area contributed by atoms with Crippen LogP contribution in [-0.4, -0.2) is 38.8 Å². The van der Waals surface area contributed by atoms with Crippen LogP contribution in [0.1, 0.15) is 51.9 Å². The van der Waals surface area contributed by atoms with E-state index in [1.54, 1.807) is 12.4 Å². The Morgan fingerprint density at radius 2 is 1.67 bits per heavy atom. The topological polar surface area (TPSA) is 71.0 Å². The summed E-state index contributed by atoms with van der Waals surface area (Å²) >= 11 is 0. The molecule has 1 fully saturated rings. The maximum atomic E-state index is 12.7. The van der Waals surface area contributed by atoms with Gasteiger partial charge in [0.2, 0.25) is 0 Å². The van der Waals surface area contributed by atoms with Gasteiger partial charge < -0.3 is 10.2 Å². The fraction of sp³-hybridized carbons (Fsp3) is 0.333. The number of hydrogen-bond acceptors (Lipinski definition) is 5. The summed E-state index contributed by atoms with van der Waals surface area (Å²) in [6.45, 7) is 7.38. The van der Waals surface area contributed by atoms with Gasteiger partial charge in [0.05, 0.1) is 11.9 Å². The number of amides is 1. The molecule has 1 N–H and O–H groups in total. The van der Waals surface area contributed by atoms with Gasteiger partial charge in [-0.05, 0) is 57.9 Å². The van der Waals surface area contributed by atoms with E-state index in [0.29, 0.717) is 24.7 Å². The van der Waals surface area contributed by atoms with Gasteiger partial charge in [-0.1, -0.05) is 17.7 Å². The Labute approximate surface area is 177 Å². The van der Waals surface area contributed by atoms with E-state index in [2.05, 4.69) is 58.6 Å². The molecule has 1 aliphatic rings. The molecule has 0 spiro atoms. The van der Waals surface area contributed by atoms with Crippen molar-refractivity contribution in [2.24, 2.45) is 0 Å². The molecule has 1 amide bonds. The minimum absolute atomic E-state index is 0.0418. The number of anilines is 2. The molecule has 0 aliphatic carbocycles. The van der Waals surface area contributed by atoms with Gasteiger partial charge in [0.15, 0.2) is 0 Å². The maximum absolute atomic E-state index is 12.7. The third-order valence-corrected chi connectivity index (χ3v) is 5.51. The van der Waals surface area contributed by atoms with Crippen LogP contribution >= 0.6 is 0 Å². The van der Waals surface area contributed by atoms with E-state index in [1.165, 1.54) is 5.56 Å². The molecule has 3 heterocycles. The summed E-state index contributed by atoms with van der Waals surface area (Å²) in [7, 11) is 0. The summed E-state index contributed by atoms with van der Waals surface area (Å²) < 4.78 is 0. The van der Waals surface area contributed by atoms with Gasteiger partial charge in [-0.3, -0.25) is 14.8 Å². The maximum Gasteiger partial charge on any atom is 0.274 e. The first-order valence-corrected chi connectivity index (χ1v) is 10.4. The second kappa shape index (κ2) is 8.61. The average Bonchev–Trinajstić information content (AvgIpc) is 2.75. The fourth-order valence-corrected chi connectivity index (χ4v) is 3.82. The molecule has 6 nitrogen and oxygen atoms in total. The molecule has 0 saturated carbocycles. The molecule has 0 atom stereocenters. The molecule has 0 unspecified atom stereocenters. The van der Waals surface area contributed by atoms with Crippen molar-refractivity contribution in [2.45, 2.75) is 39.5 Å². The molecule has 0 bridgehead atoms. The molecular formula is C24H27N5O. The number of pyridine rings is 1. The van der Waals surface area contributed by atoms with Crippen LogP contribution in [0.4, 0.5) is 11.4 Å². The second-order valence-corrected chi connectivity index (χ2v) is 8.02. The van der Waals surface area contributed by atoms with Gasteiger partial charge in [-0.25, -0.2) is 4.98 Å². The van der Waals surface area contributed by atoms with Gasteiger partial charge >= 0.3 is 0 Å². The molecule has 2 aromatic heterocycles. The first-order chi connectivity index (χ1) is 14.5. The number of piperidine rings is 1. The molecule has 1 aliphatic heterocycles. The average molecular weight is 402 g/mol. The van der Waals surface area contributed by atoms with Crippen molar-refractivity contribution in [1.82, 2.24) is 19.9 Å². The van der Waals surface area contributed by atoms with Gasteiger partial charge in [0, 0.05) is 48.0 Å². The van der Waals surface area contributed by atoms with Crippen molar-refractivity contribution in [3.8, 4) is 0 Å². The first kappa shape index (κ1) is 20.0. The van der Waals surface area contributed by atoms with Crippen LogP contribution in [0.2, 0.25) is 0 Å². The lowest BCUT2D eigenvalue weighted by Crippen LogP contribution is -2.38. The lowest BCUT2D eigenvalue weighted by Gasteiger charge is -2.31. The minimum Gasteiger partial charge on any atom is -0.355 e. The SMILES string of the molecule is Cc1ccc(Nc2cc(C)nc(C3CCN(C(=O)c4cnc(C)cn4)CC3)c2)cc1. The third-order valence-electron chi connectivity index (χ3n) is 5.51. The highest BCUT2D eigenvalue weighted by molar-refractivity contribution is 5.92. The van der Waals surface area contributed by atoms with Crippen LogP contribution in [0.5, 0.6) is 0 Å². The summed E-state index contributed by atoms with van der Waals surface area (Å²) in [6, 6.07) is 12.6. The molecule has 1 aromatic carbocycles. The Hall–Kier alpha value is -3.28. The lowest BCUT2D eigenvalue weighted by atomic mass is 9.92. The van der Waals surface area contributed by atoms with Crippen LogP contribution in [-0.2, 0) is 0 Å². The van der Waals surface area contributed by atoms with E-state index >= 15 is 0 Å². The number of carbonyl (C=O) groups excluding carboxylic acids is 1. The van der Waals surface area contributed by atoms with E-state index in [9.17, 15) is 4.79 Å².